The number of anilines is 2. The van der Waals surface area contributed by atoms with Crippen LogP contribution >= 0.6 is 0 Å². The highest BCUT2D eigenvalue weighted by molar-refractivity contribution is 5.78. The molecule has 3 rings (SSSR count). The average Bonchev–Trinajstić information content (AvgIpc) is 2.88. The lowest BCUT2D eigenvalue weighted by atomic mass is 10.1. The standard InChI is InChI=1S/C13H12N6O/c1-7-3-5-20-11(7)10-9(8-2-4-16-6-17-8)18-12(14)13(15)19-10/h2-6H,1H3,(H2,14,18)(H2,15,19). The van der Waals surface area contributed by atoms with E-state index in [1.165, 1.54) is 6.33 Å². The van der Waals surface area contributed by atoms with E-state index in [1.54, 1.807) is 18.5 Å². The number of rotatable bonds is 2. The molecule has 0 aliphatic heterocycles. The van der Waals surface area contributed by atoms with Gasteiger partial charge in [-0.05, 0) is 24.6 Å². The number of nitrogens with two attached hydrogens (primary N) is 2. The molecule has 100 valence electrons. The molecule has 0 aliphatic rings. The molecule has 20 heavy (non-hydrogen) atoms. The van der Waals surface area contributed by atoms with Gasteiger partial charge in [-0.2, -0.15) is 0 Å². The smallest absolute Gasteiger partial charge is 0.167 e. The summed E-state index contributed by atoms with van der Waals surface area (Å²) >= 11 is 0. The number of hydrogen-bond donors (Lipinski definition) is 2. The summed E-state index contributed by atoms with van der Waals surface area (Å²) in [5.74, 6) is 0.915. The molecule has 0 saturated heterocycles. The third kappa shape index (κ3) is 1.95. The first kappa shape index (κ1) is 12.1. The molecule has 4 N–H and O–H groups in total. The molecule has 7 nitrogen and oxygen atoms in total. The SMILES string of the molecule is Cc1ccoc1-c1nc(N)c(N)nc1-c1ccncn1. The van der Waals surface area contributed by atoms with Gasteiger partial charge in [0.1, 0.15) is 17.7 Å². The zero-order valence-electron chi connectivity index (χ0n) is 10.7. The van der Waals surface area contributed by atoms with Crippen LogP contribution in [0, 0.1) is 6.92 Å². The summed E-state index contributed by atoms with van der Waals surface area (Å²) in [6.07, 6.45) is 4.64. The van der Waals surface area contributed by atoms with Gasteiger partial charge in [0.15, 0.2) is 17.4 Å². The highest BCUT2D eigenvalue weighted by Crippen LogP contribution is 2.32. The summed E-state index contributed by atoms with van der Waals surface area (Å²) in [7, 11) is 0. The normalized spacial score (nSPS) is 10.7. The molecule has 0 aromatic carbocycles. The van der Waals surface area contributed by atoms with Crippen LogP contribution in [0.5, 0.6) is 0 Å². The van der Waals surface area contributed by atoms with E-state index in [2.05, 4.69) is 19.9 Å². The van der Waals surface area contributed by atoms with E-state index in [0.29, 0.717) is 22.8 Å². The van der Waals surface area contributed by atoms with Gasteiger partial charge >= 0.3 is 0 Å². The summed E-state index contributed by atoms with van der Waals surface area (Å²) in [5, 5.41) is 0. The first-order valence-corrected chi connectivity index (χ1v) is 5.90. The summed E-state index contributed by atoms with van der Waals surface area (Å²) < 4.78 is 5.47. The number of aromatic nitrogens is 4. The molecule has 0 aliphatic carbocycles. The van der Waals surface area contributed by atoms with Gasteiger partial charge in [-0.15, -0.1) is 0 Å². The van der Waals surface area contributed by atoms with Crippen molar-refractivity contribution in [1.82, 2.24) is 19.9 Å². The molecule has 0 spiro atoms. The van der Waals surface area contributed by atoms with Crippen LogP contribution in [-0.4, -0.2) is 19.9 Å². The minimum Gasteiger partial charge on any atom is -0.462 e. The van der Waals surface area contributed by atoms with Crippen molar-refractivity contribution in [2.45, 2.75) is 6.92 Å². The summed E-state index contributed by atoms with van der Waals surface area (Å²) in [5.41, 5.74) is 14.1. The molecule has 3 aromatic heterocycles. The van der Waals surface area contributed by atoms with Crippen molar-refractivity contribution in [1.29, 1.82) is 0 Å². The minimum absolute atomic E-state index is 0.159. The van der Waals surface area contributed by atoms with Crippen LogP contribution in [0.25, 0.3) is 22.8 Å². The van der Waals surface area contributed by atoms with Gasteiger partial charge < -0.3 is 15.9 Å². The first-order valence-electron chi connectivity index (χ1n) is 5.90. The van der Waals surface area contributed by atoms with Gasteiger partial charge in [-0.25, -0.2) is 19.9 Å². The van der Waals surface area contributed by atoms with Crippen LogP contribution in [-0.2, 0) is 0 Å². The molecule has 0 fully saturated rings. The van der Waals surface area contributed by atoms with Crippen LogP contribution in [0.15, 0.2) is 35.3 Å². The van der Waals surface area contributed by atoms with Crippen LogP contribution in [0.2, 0.25) is 0 Å². The van der Waals surface area contributed by atoms with E-state index in [0.717, 1.165) is 5.56 Å². The molecule has 3 aromatic rings. The predicted octanol–water partition coefficient (Wildman–Crippen LogP) is 1.67. The quantitative estimate of drug-likeness (QED) is 0.725. The van der Waals surface area contributed by atoms with E-state index in [4.69, 9.17) is 15.9 Å². The number of furan rings is 1. The molecule has 0 radical (unpaired) electrons. The molecule has 0 amide bonds. The molecule has 0 saturated carbocycles. The van der Waals surface area contributed by atoms with Gasteiger partial charge in [-0.3, -0.25) is 0 Å². The fourth-order valence-electron chi connectivity index (χ4n) is 1.84. The number of nitrogens with zero attached hydrogens (tertiary/aromatic N) is 4. The fourth-order valence-corrected chi connectivity index (χ4v) is 1.84. The second kappa shape index (κ2) is 4.61. The second-order valence-corrected chi connectivity index (χ2v) is 4.22. The minimum atomic E-state index is 0.159. The average molecular weight is 268 g/mol. The molecule has 3 heterocycles. The Morgan fingerprint density at radius 3 is 2.40 bits per heavy atom. The van der Waals surface area contributed by atoms with Crippen molar-refractivity contribution in [2.75, 3.05) is 11.5 Å². The van der Waals surface area contributed by atoms with Crippen molar-refractivity contribution < 1.29 is 4.42 Å². The van der Waals surface area contributed by atoms with Crippen LogP contribution in [0.3, 0.4) is 0 Å². The number of nitrogen functional groups attached to an aromatic ring is 2. The van der Waals surface area contributed by atoms with Crippen molar-refractivity contribution in [3.63, 3.8) is 0 Å². The third-order valence-corrected chi connectivity index (χ3v) is 2.85. The van der Waals surface area contributed by atoms with Crippen molar-refractivity contribution >= 4 is 11.6 Å². The highest BCUT2D eigenvalue weighted by Gasteiger charge is 2.18. The van der Waals surface area contributed by atoms with Crippen molar-refractivity contribution in [3.05, 3.63) is 36.5 Å². The van der Waals surface area contributed by atoms with Crippen LogP contribution in [0.4, 0.5) is 11.6 Å². The Kier molecular flexibility index (Phi) is 2.79. The maximum Gasteiger partial charge on any atom is 0.167 e. The van der Waals surface area contributed by atoms with Crippen molar-refractivity contribution in [3.8, 4) is 22.8 Å². The summed E-state index contributed by atoms with van der Waals surface area (Å²) in [6, 6.07) is 3.56. The van der Waals surface area contributed by atoms with Crippen molar-refractivity contribution in [2.24, 2.45) is 0 Å². The lowest BCUT2D eigenvalue weighted by Crippen LogP contribution is -2.05. The Bertz CT molecular complexity index is 753. The summed E-state index contributed by atoms with van der Waals surface area (Å²) in [4.78, 5) is 16.6. The lowest BCUT2D eigenvalue weighted by molar-refractivity contribution is 0.578. The summed E-state index contributed by atoms with van der Waals surface area (Å²) in [6.45, 7) is 1.91. The van der Waals surface area contributed by atoms with Gasteiger partial charge in [0, 0.05) is 6.20 Å². The Morgan fingerprint density at radius 1 is 1.05 bits per heavy atom. The van der Waals surface area contributed by atoms with E-state index in [9.17, 15) is 0 Å². The molecule has 0 unspecified atom stereocenters. The molecule has 0 bridgehead atoms. The molecule has 7 heteroatoms. The molecule has 0 atom stereocenters. The Hall–Kier alpha value is -2.96. The van der Waals surface area contributed by atoms with E-state index in [-0.39, 0.29) is 11.6 Å². The third-order valence-electron chi connectivity index (χ3n) is 2.85. The van der Waals surface area contributed by atoms with Crippen LogP contribution < -0.4 is 11.5 Å². The second-order valence-electron chi connectivity index (χ2n) is 4.22. The van der Waals surface area contributed by atoms with Gasteiger partial charge in [0.05, 0.1) is 12.0 Å². The lowest BCUT2D eigenvalue weighted by Gasteiger charge is -2.08. The van der Waals surface area contributed by atoms with Crippen LogP contribution in [0.1, 0.15) is 5.56 Å². The fraction of sp³-hybridized carbons (Fsp3) is 0.0769. The van der Waals surface area contributed by atoms with Gasteiger partial charge in [0.2, 0.25) is 0 Å². The highest BCUT2D eigenvalue weighted by atomic mass is 16.3. The maximum atomic E-state index is 5.75. The number of aryl methyl sites for hydroxylation is 1. The van der Waals surface area contributed by atoms with Gasteiger partial charge in [-0.1, -0.05) is 0 Å². The largest absolute Gasteiger partial charge is 0.462 e. The maximum absolute atomic E-state index is 5.75. The number of hydrogen-bond acceptors (Lipinski definition) is 7. The molecular formula is C13H12N6O. The first-order chi connectivity index (χ1) is 9.66. The zero-order chi connectivity index (χ0) is 14.1. The predicted molar refractivity (Wildman–Crippen MR) is 74.3 cm³/mol. The Labute approximate surface area is 114 Å². The van der Waals surface area contributed by atoms with E-state index >= 15 is 0 Å². The Balaban J connectivity index is 2.28. The van der Waals surface area contributed by atoms with E-state index in [1.807, 2.05) is 13.0 Å². The monoisotopic (exact) mass is 268 g/mol. The van der Waals surface area contributed by atoms with Gasteiger partial charge in [0.25, 0.3) is 0 Å². The Morgan fingerprint density at radius 2 is 1.80 bits per heavy atom. The molecular weight excluding hydrogens is 256 g/mol. The topological polar surface area (TPSA) is 117 Å². The zero-order valence-corrected chi connectivity index (χ0v) is 10.7. The van der Waals surface area contributed by atoms with E-state index < -0.39 is 0 Å².